The van der Waals surface area contributed by atoms with Crippen LogP contribution in [-0.4, -0.2) is 52.8 Å². The van der Waals surface area contributed by atoms with Gasteiger partial charge < -0.3 is 15.0 Å². The number of rotatable bonds is 8. The molecular weight excluding hydrogens is 399 g/mol. The molecule has 0 heterocycles. The molecule has 0 fully saturated rings. The molecule has 0 radical (unpaired) electrons. The third kappa shape index (κ3) is 6.49. The molecule has 0 unspecified atom stereocenters. The molecule has 0 aliphatic carbocycles. The Morgan fingerprint density at radius 1 is 1.10 bits per heavy atom. The van der Waals surface area contributed by atoms with Gasteiger partial charge in [-0.25, -0.2) is 9.18 Å². The van der Waals surface area contributed by atoms with Crippen molar-refractivity contribution < 1.29 is 27.7 Å². The van der Waals surface area contributed by atoms with E-state index in [1.165, 1.54) is 37.4 Å². The number of hydrogen-bond donors (Lipinski definition) is 1. The number of amides is 2. The maximum absolute atomic E-state index is 12.9. The molecule has 0 aliphatic rings. The summed E-state index contributed by atoms with van der Waals surface area (Å²) in [6.07, 6.45) is 0. The number of likely N-dealkylation sites (N-methyl/N-ethyl adjacent to an activating group) is 1. The van der Waals surface area contributed by atoms with Gasteiger partial charge >= 0.3 is 5.97 Å². The van der Waals surface area contributed by atoms with E-state index in [9.17, 15) is 23.0 Å². The Bertz CT molecular complexity index is 917. The first-order valence-electron chi connectivity index (χ1n) is 8.75. The van der Waals surface area contributed by atoms with E-state index in [1.54, 1.807) is 25.1 Å². The van der Waals surface area contributed by atoms with E-state index in [4.69, 9.17) is 4.74 Å². The van der Waals surface area contributed by atoms with Gasteiger partial charge in [0.05, 0.1) is 27.8 Å². The van der Waals surface area contributed by atoms with Crippen molar-refractivity contribution in [2.24, 2.45) is 0 Å². The summed E-state index contributed by atoms with van der Waals surface area (Å²) >= 11 is 0. The summed E-state index contributed by atoms with van der Waals surface area (Å²) in [6, 6.07) is 11.5. The maximum Gasteiger partial charge on any atom is 0.339 e. The van der Waals surface area contributed by atoms with Crippen LogP contribution in [0.15, 0.2) is 53.4 Å². The van der Waals surface area contributed by atoms with Crippen molar-refractivity contribution in [2.45, 2.75) is 11.8 Å². The van der Waals surface area contributed by atoms with Gasteiger partial charge in [0.25, 0.3) is 5.91 Å². The molecule has 0 saturated heterocycles. The van der Waals surface area contributed by atoms with Crippen LogP contribution in [0.2, 0.25) is 0 Å². The molecule has 2 rings (SSSR count). The molecule has 7 nitrogen and oxygen atoms in total. The Morgan fingerprint density at radius 3 is 2.41 bits per heavy atom. The number of hydrogen-bond acceptors (Lipinski definition) is 5. The fourth-order valence-electron chi connectivity index (χ4n) is 2.34. The Kier molecular flexibility index (Phi) is 8.02. The van der Waals surface area contributed by atoms with Gasteiger partial charge in [-0.2, -0.15) is 0 Å². The van der Waals surface area contributed by atoms with Crippen molar-refractivity contribution in [1.82, 2.24) is 4.90 Å². The van der Waals surface area contributed by atoms with E-state index < -0.39 is 41.0 Å². The Labute approximate surface area is 170 Å². The first kappa shape index (κ1) is 22.2. The third-order valence-corrected chi connectivity index (χ3v) is 5.25. The summed E-state index contributed by atoms with van der Waals surface area (Å²) in [5, 5.41) is 2.53. The average Bonchev–Trinajstić information content (AvgIpc) is 2.72. The predicted octanol–water partition coefficient (Wildman–Crippen LogP) is 2.21. The van der Waals surface area contributed by atoms with Gasteiger partial charge in [-0.1, -0.05) is 19.1 Å². The maximum atomic E-state index is 12.9. The zero-order valence-electron chi connectivity index (χ0n) is 16.0. The lowest BCUT2D eigenvalue weighted by Gasteiger charge is -2.17. The lowest BCUT2D eigenvalue weighted by atomic mass is 10.2. The van der Waals surface area contributed by atoms with Gasteiger partial charge in [0.15, 0.2) is 6.61 Å². The van der Waals surface area contributed by atoms with Gasteiger partial charge in [-0.3, -0.25) is 13.8 Å². The van der Waals surface area contributed by atoms with Crippen LogP contribution < -0.4 is 5.32 Å². The highest BCUT2D eigenvalue weighted by Gasteiger charge is 2.19. The Balaban J connectivity index is 1.88. The number of nitrogens with zero attached hydrogens (tertiary/aromatic N) is 1. The van der Waals surface area contributed by atoms with Crippen molar-refractivity contribution in [3.05, 3.63) is 59.9 Å². The highest BCUT2D eigenvalue weighted by Crippen LogP contribution is 2.15. The zero-order valence-corrected chi connectivity index (χ0v) is 16.8. The SMILES string of the molecule is CC[S@@](=O)c1ccccc1C(=O)OCC(=O)N(C)CC(=O)Nc1ccc(F)cc1. The summed E-state index contributed by atoms with van der Waals surface area (Å²) in [6.45, 7) is 0.893. The first-order chi connectivity index (χ1) is 13.8. The van der Waals surface area contributed by atoms with E-state index in [1.807, 2.05) is 0 Å². The normalized spacial score (nSPS) is 11.4. The molecule has 0 spiro atoms. The lowest BCUT2D eigenvalue weighted by molar-refractivity contribution is -0.136. The van der Waals surface area contributed by atoms with Crippen LogP contribution in [0, 0.1) is 5.82 Å². The number of ether oxygens (including phenoxy) is 1. The topological polar surface area (TPSA) is 92.8 Å². The molecule has 0 saturated carbocycles. The van der Waals surface area contributed by atoms with Gasteiger partial charge in [0.2, 0.25) is 5.91 Å². The molecule has 154 valence electrons. The van der Waals surface area contributed by atoms with Gasteiger partial charge in [0.1, 0.15) is 5.82 Å². The van der Waals surface area contributed by atoms with Crippen molar-refractivity contribution in [1.29, 1.82) is 0 Å². The van der Waals surface area contributed by atoms with E-state index in [2.05, 4.69) is 5.32 Å². The van der Waals surface area contributed by atoms with Crippen LogP contribution in [0.5, 0.6) is 0 Å². The standard InChI is InChI=1S/C20H21FN2O5S/c1-3-29(27)17-7-5-4-6-16(17)20(26)28-13-19(25)23(2)12-18(24)22-15-10-8-14(21)9-11-15/h4-11H,3,12-13H2,1-2H3,(H,22,24)/t29-/m1/s1. The molecule has 2 aromatic rings. The second-order valence-corrected chi connectivity index (χ2v) is 7.72. The fraction of sp³-hybridized carbons (Fsp3) is 0.250. The van der Waals surface area contributed by atoms with Gasteiger partial charge in [-0.15, -0.1) is 0 Å². The molecule has 2 aromatic carbocycles. The second kappa shape index (κ2) is 10.5. The van der Waals surface area contributed by atoms with Crippen molar-refractivity contribution in [3.8, 4) is 0 Å². The first-order valence-corrected chi connectivity index (χ1v) is 10.1. The minimum atomic E-state index is -1.35. The molecule has 0 bridgehead atoms. The molecule has 0 aliphatic heterocycles. The highest BCUT2D eigenvalue weighted by atomic mass is 32.2. The largest absolute Gasteiger partial charge is 0.452 e. The fourth-order valence-corrected chi connectivity index (χ4v) is 3.28. The van der Waals surface area contributed by atoms with Crippen LogP contribution in [0.25, 0.3) is 0 Å². The molecule has 9 heteroatoms. The number of benzene rings is 2. The summed E-state index contributed by atoms with van der Waals surface area (Å²) < 4.78 is 29.9. The highest BCUT2D eigenvalue weighted by molar-refractivity contribution is 7.85. The molecule has 1 N–H and O–H groups in total. The van der Waals surface area contributed by atoms with Crippen molar-refractivity contribution >= 4 is 34.3 Å². The van der Waals surface area contributed by atoms with Crippen LogP contribution in [0.3, 0.4) is 0 Å². The Morgan fingerprint density at radius 2 is 1.76 bits per heavy atom. The van der Waals surface area contributed by atoms with Gasteiger partial charge in [0, 0.05) is 18.5 Å². The van der Waals surface area contributed by atoms with Crippen molar-refractivity contribution in [3.63, 3.8) is 0 Å². The molecule has 2 amide bonds. The van der Waals surface area contributed by atoms with Crippen LogP contribution in [0.4, 0.5) is 10.1 Å². The number of carbonyl (C=O) groups is 3. The Hall–Kier alpha value is -3.07. The molecule has 1 atom stereocenters. The van der Waals surface area contributed by atoms with Crippen LogP contribution >= 0.6 is 0 Å². The third-order valence-electron chi connectivity index (χ3n) is 3.88. The lowest BCUT2D eigenvalue weighted by Crippen LogP contribution is -2.37. The molecule has 29 heavy (non-hydrogen) atoms. The smallest absolute Gasteiger partial charge is 0.339 e. The van der Waals surface area contributed by atoms with Crippen molar-refractivity contribution in [2.75, 3.05) is 31.3 Å². The predicted molar refractivity (Wildman–Crippen MR) is 106 cm³/mol. The second-order valence-electron chi connectivity index (χ2n) is 6.01. The zero-order chi connectivity index (χ0) is 21.4. The molecule has 0 aromatic heterocycles. The van der Waals surface area contributed by atoms with Gasteiger partial charge in [-0.05, 0) is 36.4 Å². The van der Waals surface area contributed by atoms with E-state index in [-0.39, 0.29) is 12.1 Å². The van der Waals surface area contributed by atoms with E-state index in [0.29, 0.717) is 16.3 Å². The summed E-state index contributed by atoms with van der Waals surface area (Å²) in [5.41, 5.74) is 0.529. The minimum Gasteiger partial charge on any atom is -0.452 e. The summed E-state index contributed by atoms with van der Waals surface area (Å²) in [5.74, 6) is -1.92. The van der Waals surface area contributed by atoms with Crippen LogP contribution in [-0.2, 0) is 25.1 Å². The summed E-state index contributed by atoms with van der Waals surface area (Å²) in [7, 11) is 0.0424. The monoisotopic (exact) mass is 420 g/mol. The number of nitrogens with one attached hydrogen (secondary N) is 1. The minimum absolute atomic E-state index is 0.136. The van der Waals surface area contributed by atoms with E-state index >= 15 is 0 Å². The average molecular weight is 420 g/mol. The molecular formula is C20H21FN2O5S. The number of halogens is 1. The number of carbonyl (C=O) groups excluding carboxylic acids is 3. The number of esters is 1. The summed E-state index contributed by atoms with van der Waals surface area (Å²) in [4.78, 5) is 37.8. The van der Waals surface area contributed by atoms with E-state index in [0.717, 1.165) is 4.90 Å². The van der Waals surface area contributed by atoms with Crippen LogP contribution in [0.1, 0.15) is 17.3 Å². The quantitative estimate of drug-likeness (QED) is 0.661. The number of anilines is 1.